The molecule has 2 aromatic rings. The van der Waals surface area contributed by atoms with E-state index in [0.29, 0.717) is 22.7 Å². The molecule has 1 saturated carbocycles. The van der Waals surface area contributed by atoms with Gasteiger partial charge >= 0.3 is 0 Å². The lowest BCUT2D eigenvalue weighted by Crippen LogP contribution is -2.15. The Balaban J connectivity index is 1.90. The lowest BCUT2D eigenvalue weighted by atomic mass is 10.0. The van der Waals surface area contributed by atoms with Crippen LogP contribution in [0, 0.1) is 17.1 Å². The first-order chi connectivity index (χ1) is 9.76. The summed E-state index contributed by atoms with van der Waals surface area (Å²) in [6.07, 6.45) is 5.50. The fraction of sp³-hybridized carbons (Fsp3) is 0.250. The van der Waals surface area contributed by atoms with Gasteiger partial charge < -0.3 is 5.32 Å². The first kappa shape index (κ1) is 12.8. The summed E-state index contributed by atoms with van der Waals surface area (Å²) in [6.45, 7) is 0.739. The number of rotatable bonds is 4. The zero-order chi connectivity index (χ0) is 13.9. The molecule has 3 rings (SSSR count). The van der Waals surface area contributed by atoms with E-state index in [2.05, 4.69) is 10.3 Å². The number of nitrogens with one attached hydrogen (secondary N) is 1. The highest BCUT2D eigenvalue weighted by molar-refractivity contribution is 5.65. The van der Waals surface area contributed by atoms with E-state index in [4.69, 9.17) is 5.26 Å². The van der Waals surface area contributed by atoms with Gasteiger partial charge in [0.1, 0.15) is 11.9 Å². The van der Waals surface area contributed by atoms with Crippen molar-refractivity contribution in [3.05, 3.63) is 53.6 Å². The number of pyridine rings is 1. The Morgan fingerprint density at radius 1 is 1.30 bits per heavy atom. The fourth-order valence-corrected chi connectivity index (χ4v) is 2.10. The molecule has 0 spiro atoms. The second-order valence-electron chi connectivity index (χ2n) is 5.04. The van der Waals surface area contributed by atoms with Crippen LogP contribution in [-0.2, 0) is 6.54 Å². The molecule has 100 valence electrons. The fourth-order valence-electron chi connectivity index (χ4n) is 2.10. The van der Waals surface area contributed by atoms with Crippen molar-refractivity contribution < 1.29 is 4.39 Å². The largest absolute Gasteiger partial charge is 0.310 e. The van der Waals surface area contributed by atoms with Crippen LogP contribution in [0.25, 0.3) is 11.1 Å². The van der Waals surface area contributed by atoms with E-state index in [1.165, 1.54) is 25.1 Å². The zero-order valence-electron chi connectivity index (χ0n) is 10.9. The van der Waals surface area contributed by atoms with Crippen LogP contribution in [0.5, 0.6) is 0 Å². The molecule has 1 N–H and O–H groups in total. The minimum Gasteiger partial charge on any atom is -0.310 e. The topological polar surface area (TPSA) is 48.7 Å². The van der Waals surface area contributed by atoms with E-state index >= 15 is 0 Å². The summed E-state index contributed by atoms with van der Waals surface area (Å²) in [7, 11) is 0. The molecule has 0 aliphatic heterocycles. The highest BCUT2D eigenvalue weighted by Gasteiger charge is 2.20. The van der Waals surface area contributed by atoms with Gasteiger partial charge in [0.25, 0.3) is 0 Å². The SMILES string of the molecule is N#Cc1cncc(-c2cc(CNC3CC3)ccc2F)c1. The van der Waals surface area contributed by atoms with Crippen molar-refractivity contribution in [2.45, 2.75) is 25.4 Å². The molecule has 1 aromatic heterocycles. The summed E-state index contributed by atoms with van der Waals surface area (Å²) in [5.41, 5.74) is 2.60. The average molecular weight is 267 g/mol. The molecule has 1 fully saturated rings. The van der Waals surface area contributed by atoms with Crippen molar-refractivity contribution in [1.82, 2.24) is 10.3 Å². The van der Waals surface area contributed by atoms with Gasteiger partial charge in [-0.25, -0.2) is 4.39 Å². The number of halogens is 1. The van der Waals surface area contributed by atoms with Gasteiger partial charge in [-0.3, -0.25) is 4.98 Å². The quantitative estimate of drug-likeness (QED) is 0.926. The number of nitrogens with zero attached hydrogens (tertiary/aromatic N) is 2. The van der Waals surface area contributed by atoms with E-state index in [-0.39, 0.29) is 5.82 Å². The molecule has 0 unspecified atom stereocenters. The molecular formula is C16H14FN3. The standard InChI is InChI=1S/C16H14FN3/c17-16-4-1-11(9-20-14-2-3-14)6-15(16)13-5-12(7-18)8-19-10-13/h1,4-6,8,10,14,20H,2-3,9H2. The summed E-state index contributed by atoms with van der Waals surface area (Å²) in [6, 6.07) is 9.38. The lowest BCUT2D eigenvalue weighted by Gasteiger charge is -2.08. The van der Waals surface area contributed by atoms with Gasteiger partial charge in [0.05, 0.1) is 5.56 Å². The van der Waals surface area contributed by atoms with Crippen molar-refractivity contribution >= 4 is 0 Å². The van der Waals surface area contributed by atoms with Gasteiger partial charge in [0.2, 0.25) is 0 Å². The van der Waals surface area contributed by atoms with Crippen molar-refractivity contribution in [3.63, 3.8) is 0 Å². The van der Waals surface area contributed by atoms with Crippen molar-refractivity contribution in [1.29, 1.82) is 5.26 Å². The summed E-state index contributed by atoms with van der Waals surface area (Å²) in [5, 5.41) is 12.3. The van der Waals surface area contributed by atoms with Crippen molar-refractivity contribution in [3.8, 4) is 17.2 Å². The van der Waals surface area contributed by atoms with Crippen LogP contribution in [-0.4, -0.2) is 11.0 Å². The van der Waals surface area contributed by atoms with Crippen LogP contribution in [0.1, 0.15) is 24.0 Å². The summed E-state index contributed by atoms with van der Waals surface area (Å²) < 4.78 is 14.0. The first-order valence-corrected chi connectivity index (χ1v) is 6.63. The third-order valence-corrected chi connectivity index (χ3v) is 3.38. The van der Waals surface area contributed by atoms with Gasteiger partial charge in [0.15, 0.2) is 0 Å². The van der Waals surface area contributed by atoms with Gasteiger partial charge in [0, 0.05) is 36.1 Å². The van der Waals surface area contributed by atoms with Crippen LogP contribution in [0.15, 0.2) is 36.7 Å². The number of aromatic nitrogens is 1. The number of hydrogen-bond acceptors (Lipinski definition) is 3. The van der Waals surface area contributed by atoms with E-state index in [9.17, 15) is 4.39 Å². The molecular weight excluding hydrogens is 253 g/mol. The summed E-state index contributed by atoms with van der Waals surface area (Å²) in [5.74, 6) is -0.294. The van der Waals surface area contributed by atoms with E-state index in [1.807, 2.05) is 12.1 Å². The second kappa shape index (κ2) is 5.40. The minimum absolute atomic E-state index is 0.294. The highest BCUT2D eigenvalue weighted by Crippen LogP contribution is 2.25. The van der Waals surface area contributed by atoms with Crippen molar-refractivity contribution in [2.75, 3.05) is 0 Å². The molecule has 3 nitrogen and oxygen atoms in total. The maximum atomic E-state index is 14.0. The lowest BCUT2D eigenvalue weighted by molar-refractivity contribution is 0.628. The monoisotopic (exact) mass is 267 g/mol. The van der Waals surface area contributed by atoms with E-state index < -0.39 is 0 Å². The molecule has 0 bridgehead atoms. The summed E-state index contributed by atoms with van der Waals surface area (Å²) in [4.78, 5) is 3.98. The van der Waals surface area contributed by atoms with Crippen LogP contribution in [0.3, 0.4) is 0 Å². The predicted octanol–water partition coefficient (Wildman–Crippen LogP) is 3.01. The molecule has 1 heterocycles. The first-order valence-electron chi connectivity index (χ1n) is 6.63. The Kier molecular flexibility index (Phi) is 3.44. The minimum atomic E-state index is -0.294. The molecule has 4 heteroatoms. The van der Waals surface area contributed by atoms with Gasteiger partial charge in [-0.15, -0.1) is 0 Å². The van der Waals surface area contributed by atoms with Crippen molar-refractivity contribution in [2.24, 2.45) is 0 Å². The third-order valence-electron chi connectivity index (χ3n) is 3.38. The molecule has 0 radical (unpaired) electrons. The van der Waals surface area contributed by atoms with Gasteiger partial charge in [-0.1, -0.05) is 6.07 Å². The molecule has 1 aliphatic rings. The Morgan fingerprint density at radius 3 is 2.90 bits per heavy atom. The third kappa shape index (κ3) is 2.84. The number of hydrogen-bond donors (Lipinski definition) is 1. The van der Waals surface area contributed by atoms with Crippen LogP contribution in [0.4, 0.5) is 4.39 Å². The highest BCUT2D eigenvalue weighted by atomic mass is 19.1. The molecule has 1 aliphatic carbocycles. The molecule has 0 amide bonds. The van der Waals surface area contributed by atoms with Gasteiger partial charge in [-0.05, 0) is 36.6 Å². The molecule has 20 heavy (non-hydrogen) atoms. The average Bonchev–Trinajstić information content (AvgIpc) is 3.31. The molecule has 0 saturated heterocycles. The summed E-state index contributed by atoms with van der Waals surface area (Å²) >= 11 is 0. The number of benzene rings is 1. The predicted molar refractivity (Wildman–Crippen MR) is 74.2 cm³/mol. The Labute approximate surface area is 117 Å². The number of nitriles is 1. The maximum absolute atomic E-state index is 14.0. The molecule has 1 aromatic carbocycles. The second-order valence-corrected chi connectivity index (χ2v) is 5.04. The maximum Gasteiger partial charge on any atom is 0.131 e. The van der Waals surface area contributed by atoms with Crippen LogP contribution < -0.4 is 5.32 Å². The smallest absolute Gasteiger partial charge is 0.131 e. The van der Waals surface area contributed by atoms with Crippen LogP contribution in [0.2, 0.25) is 0 Å². The molecule has 0 atom stereocenters. The van der Waals surface area contributed by atoms with E-state index in [0.717, 1.165) is 12.1 Å². The Bertz CT molecular complexity index is 672. The Morgan fingerprint density at radius 2 is 2.15 bits per heavy atom. The Hall–Kier alpha value is -2.25. The van der Waals surface area contributed by atoms with Gasteiger partial charge in [-0.2, -0.15) is 5.26 Å². The normalized spacial score (nSPS) is 14.0. The van der Waals surface area contributed by atoms with E-state index in [1.54, 1.807) is 18.3 Å². The zero-order valence-corrected chi connectivity index (χ0v) is 10.9. The van der Waals surface area contributed by atoms with Crippen LogP contribution >= 0.6 is 0 Å².